The number of nitrogens with one attached hydrogen (secondary N) is 1. The molecule has 0 radical (unpaired) electrons. The van der Waals surface area contributed by atoms with Crippen molar-refractivity contribution in [3.63, 3.8) is 0 Å². The predicted octanol–water partition coefficient (Wildman–Crippen LogP) is 0.129. The summed E-state index contributed by atoms with van der Waals surface area (Å²) in [5.74, 6) is -1.98. The molecule has 116 valence electrons. The van der Waals surface area contributed by atoms with Gasteiger partial charge in [0.25, 0.3) is 5.56 Å². The molecule has 0 saturated heterocycles. The molecular weight excluding hydrogens is 282 g/mol. The fourth-order valence-electron chi connectivity index (χ4n) is 1.58. The third-order valence-electron chi connectivity index (χ3n) is 2.50. The molecule has 0 saturated carbocycles. The zero-order valence-electron chi connectivity index (χ0n) is 12.4. The van der Waals surface area contributed by atoms with Crippen LogP contribution in [0.25, 0.3) is 0 Å². The molecule has 0 fully saturated rings. The minimum absolute atomic E-state index is 0.426. The van der Waals surface area contributed by atoms with Gasteiger partial charge in [0.2, 0.25) is 0 Å². The first kappa shape index (κ1) is 16.5. The van der Waals surface area contributed by atoms with Gasteiger partial charge in [-0.15, -0.1) is 0 Å². The normalized spacial score (nSPS) is 11.1. The van der Waals surface area contributed by atoms with E-state index >= 15 is 0 Å². The van der Waals surface area contributed by atoms with Crippen LogP contribution < -0.4 is 16.6 Å². The van der Waals surface area contributed by atoms with Gasteiger partial charge in [-0.2, -0.15) is 0 Å². The first-order valence-electron chi connectivity index (χ1n) is 5.99. The largest absolute Gasteiger partial charge is 0.477 e. The molecule has 9 nitrogen and oxygen atoms in total. The van der Waals surface area contributed by atoms with Crippen LogP contribution in [0.2, 0.25) is 0 Å². The van der Waals surface area contributed by atoms with Gasteiger partial charge in [0.15, 0.2) is 5.56 Å². The Hall–Kier alpha value is -2.58. The average Bonchev–Trinajstić information content (AvgIpc) is 2.30. The molecule has 0 bridgehead atoms. The summed E-state index contributed by atoms with van der Waals surface area (Å²) in [5, 5.41) is 11.2. The highest BCUT2D eigenvalue weighted by atomic mass is 16.6. The third-order valence-corrected chi connectivity index (χ3v) is 2.50. The highest BCUT2D eigenvalue weighted by molar-refractivity contribution is 5.97. The van der Waals surface area contributed by atoms with E-state index in [1.165, 1.54) is 7.05 Å². The van der Waals surface area contributed by atoms with Crippen molar-refractivity contribution in [2.45, 2.75) is 26.4 Å². The van der Waals surface area contributed by atoms with Gasteiger partial charge in [0.05, 0.1) is 0 Å². The molecule has 1 aromatic heterocycles. The van der Waals surface area contributed by atoms with Gasteiger partial charge in [-0.25, -0.2) is 14.4 Å². The van der Waals surface area contributed by atoms with Crippen molar-refractivity contribution in [2.24, 2.45) is 14.1 Å². The number of carboxylic acids is 1. The fraction of sp³-hybridized carbons (Fsp3) is 0.500. The van der Waals surface area contributed by atoms with Crippen LogP contribution in [-0.2, 0) is 18.8 Å². The van der Waals surface area contributed by atoms with Gasteiger partial charge in [-0.3, -0.25) is 19.2 Å². The quantitative estimate of drug-likeness (QED) is 0.801. The Morgan fingerprint density at radius 3 is 2.10 bits per heavy atom. The van der Waals surface area contributed by atoms with Crippen molar-refractivity contribution in [3.05, 3.63) is 26.4 Å². The monoisotopic (exact) mass is 299 g/mol. The van der Waals surface area contributed by atoms with E-state index in [1.54, 1.807) is 20.8 Å². The number of hydrogen-bond donors (Lipinski definition) is 2. The molecular formula is C12H17N3O6. The van der Waals surface area contributed by atoms with Crippen LogP contribution in [0.3, 0.4) is 0 Å². The standard InChI is InChI=1S/C12H17N3O6/c1-12(2,3)21-10(19)13-7-6(9(17)18)8(16)15(5)11(20)14(7)4/h1-5H3,(H,13,19)(H,17,18). The second-order valence-corrected chi connectivity index (χ2v) is 5.36. The molecule has 1 amide bonds. The summed E-state index contributed by atoms with van der Waals surface area (Å²) in [6.07, 6.45) is -0.965. The number of aromatic carboxylic acids is 1. The van der Waals surface area contributed by atoms with Crippen LogP contribution in [0.5, 0.6) is 0 Å². The van der Waals surface area contributed by atoms with E-state index in [0.29, 0.717) is 4.57 Å². The number of rotatable bonds is 2. The predicted molar refractivity (Wildman–Crippen MR) is 73.7 cm³/mol. The second kappa shape index (κ2) is 5.43. The molecule has 0 atom stereocenters. The Morgan fingerprint density at radius 2 is 1.67 bits per heavy atom. The van der Waals surface area contributed by atoms with Crippen molar-refractivity contribution in [1.82, 2.24) is 9.13 Å². The highest BCUT2D eigenvalue weighted by Crippen LogP contribution is 2.12. The second-order valence-electron chi connectivity index (χ2n) is 5.36. The SMILES string of the molecule is Cn1c(NC(=O)OC(C)(C)C)c(C(=O)O)c(=O)n(C)c1=O. The van der Waals surface area contributed by atoms with Gasteiger partial charge in [-0.05, 0) is 20.8 Å². The van der Waals surface area contributed by atoms with E-state index in [-0.39, 0.29) is 0 Å². The van der Waals surface area contributed by atoms with Crippen LogP contribution >= 0.6 is 0 Å². The van der Waals surface area contributed by atoms with Gasteiger partial charge < -0.3 is 9.84 Å². The number of ether oxygens (including phenoxy) is 1. The summed E-state index contributed by atoms with van der Waals surface area (Å²) >= 11 is 0. The van der Waals surface area contributed by atoms with E-state index in [2.05, 4.69) is 5.32 Å². The number of amides is 1. The number of hydrogen-bond acceptors (Lipinski definition) is 5. The molecule has 0 aromatic carbocycles. The fourth-order valence-corrected chi connectivity index (χ4v) is 1.58. The number of carboxylic acid groups (broad SMARTS) is 1. The number of carbonyl (C=O) groups is 2. The summed E-state index contributed by atoms with van der Waals surface area (Å²) in [6.45, 7) is 4.86. The molecule has 0 unspecified atom stereocenters. The summed E-state index contributed by atoms with van der Waals surface area (Å²) in [6, 6.07) is 0. The Morgan fingerprint density at radius 1 is 1.14 bits per heavy atom. The Bertz CT molecular complexity index is 707. The Labute approximate surface area is 119 Å². The maximum absolute atomic E-state index is 11.8. The number of aromatic nitrogens is 2. The van der Waals surface area contributed by atoms with Crippen molar-refractivity contribution >= 4 is 17.9 Å². The van der Waals surface area contributed by atoms with Gasteiger partial charge in [0, 0.05) is 14.1 Å². The van der Waals surface area contributed by atoms with Crippen LogP contribution in [0.1, 0.15) is 31.1 Å². The molecule has 2 N–H and O–H groups in total. The van der Waals surface area contributed by atoms with Crippen LogP contribution in [0.15, 0.2) is 9.59 Å². The van der Waals surface area contributed by atoms with E-state index in [0.717, 1.165) is 11.6 Å². The van der Waals surface area contributed by atoms with E-state index in [1.807, 2.05) is 0 Å². The first-order valence-corrected chi connectivity index (χ1v) is 5.99. The topological polar surface area (TPSA) is 120 Å². The lowest BCUT2D eigenvalue weighted by Gasteiger charge is -2.21. The maximum Gasteiger partial charge on any atom is 0.413 e. The zero-order chi connectivity index (χ0) is 16.5. The van der Waals surface area contributed by atoms with Gasteiger partial charge >= 0.3 is 17.8 Å². The smallest absolute Gasteiger partial charge is 0.413 e. The van der Waals surface area contributed by atoms with Crippen LogP contribution in [0, 0.1) is 0 Å². The van der Waals surface area contributed by atoms with Crippen molar-refractivity contribution in [3.8, 4) is 0 Å². The number of anilines is 1. The molecule has 21 heavy (non-hydrogen) atoms. The zero-order valence-corrected chi connectivity index (χ0v) is 12.4. The molecule has 0 aliphatic heterocycles. The molecule has 0 spiro atoms. The summed E-state index contributed by atoms with van der Waals surface area (Å²) < 4.78 is 6.47. The molecule has 0 aliphatic carbocycles. The lowest BCUT2D eigenvalue weighted by molar-refractivity contribution is 0.0634. The average molecular weight is 299 g/mol. The number of nitrogens with zero attached hydrogens (tertiary/aromatic N) is 2. The van der Waals surface area contributed by atoms with Gasteiger partial charge in [-0.1, -0.05) is 0 Å². The molecule has 1 rings (SSSR count). The van der Waals surface area contributed by atoms with Crippen LogP contribution in [-0.4, -0.2) is 31.9 Å². The van der Waals surface area contributed by atoms with E-state index in [9.17, 15) is 19.2 Å². The van der Waals surface area contributed by atoms with E-state index in [4.69, 9.17) is 9.84 Å². The summed E-state index contributed by atoms with van der Waals surface area (Å²) in [7, 11) is 2.38. The lowest BCUT2D eigenvalue weighted by atomic mass is 10.2. The van der Waals surface area contributed by atoms with Crippen molar-refractivity contribution in [2.75, 3.05) is 5.32 Å². The molecule has 9 heteroatoms. The third kappa shape index (κ3) is 3.50. The van der Waals surface area contributed by atoms with Crippen molar-refractivity contribution in [1.29, 1.82) is 0 Å². The molecule has 0 aliphatic rings. The Balaban J connectivity index is 3.43. The Kier molecular flexibility index (Phi) is 4.26. The molecule has 1 aromatic rings. The van der Waals surface area contributed by atoms with Crippen molar-refractivity contribution < 1.29 is 19.4 Å². The van der Waals surface area contributed by atoms with Gasteiger partial charge in [0.1, 0.15) is 11.4 Å². The highest BCUT2D eigenvalue weighted by Gasteiger charge is 2.25. The minimum Gasteiger partial charge on any atom is -0.477 e. The summed E-state index contributed by atoms with van der Waals surface area (Å²) in [4.78, 5) is 46.6. The maximum atomic E-state index is 11.8. The summed E-state index contributed by atoms with van der Waals surface area (Å²) in [5.41, 5.74) is -3.32. The van der Waals surface area contributed by atoms with E-state index < -0.39 is 40.3 Å². The minimum atomic E-state index is -1.56. The first-order chi connectivity index (χ1) is 9.45. The van der Waals surface area contributed by atoms with Crippen LogP contribution in [0.4, 0.5) is 10.6 Å². The number of carbonyl (C=O) groups excluding carboxylic acids is 1. The lowest BCUT2D eigenvalue weighted by Crippen LogP contribution is -2.42. The molecule has 1 heterocycles.